The highest BCUT2D eigenvalue weighted by atomic mass is 16.5. The molecular weight excluding hydrogens is 148 g/mol. The molecular formula is C11H13O. The van der Waals surface area contributed by atoms with Crippen LogP contribution in [-0.4, -0.2) is 0 Å². The van der Waals surface area contributed by atoms with Crippen LogP contribution in [0.3, 0.4) is 0 Å². The maximum atomic E-state index is 5.42. The summed E-state index contributed by atoms with van der Waals surface area (Å²) in [5.74, 6) is 0.744. The SMILES string of the molecule is [CH](OCc1ccccc1)C1CC1. The Morgan fingerprint density at radius 2 is 2.00 bits per heavy atom. The van der Waals surface area contributed by atoms with E-state index in [2.05, 4.69) is 12.1 Å². The van der Waals surface area contributed by atoms with Gasteiger partial charge in [-0.05, 0) is 24.3 Å². The summed E-state index contributed by atoms with van der Waals surface area (Å²) in [5.41, 5.74) is 1.24. The van der Waals surface area contributed by atoms with Crippen molar-refractivity contribution >= 4 is 0 Å². The predicted octanol–water partition coefficient (Wildman–Crippen LogP) is 2.77. The normalized spacial score (nSPS) is 16.3. The molecule has 1 heteroatoms. The summed E-state index contributed by atoms with van der Waals surface area (Å²) in [6, 6.07) is 10.3. The molecule has 0 bridgehead atoms. The average Bonchev–Trinajstić information content (AvgIpc) is 2.90. The Labute approximate surface area is 73.4 Å². The Morgan fingerprint density at radius 3 is 2.67 bits per heavy atom. The van der Waals surface area contributed by atoms with E-state index in [1.54, 1.807) is 0 Å². The molecule has 1 aromatic carbocycles. The molecule has 0 saturated heterocycles. The van der Waals surface area contributed by atoms with Gasteiger partial charge in [0.1, 0.15) is 0 Å². The van der Waals surface area contributed by atoms with E-state index in [4.69, 9.17) is 4.74 Å². The molecule has 0 spiro atoms. The summed E-state index contributed by atoms with van der Waals surface area (Å²) in [6.07, 6.45) is 2.63. The van der Waals surface area contributed by atoms with Crippen LogP contribution in [0.2, 0.25) is 0 Å². The molecule has 1 nitrogen and oxygen atoms in total. The smallest absolute Gasteiger partial charge is 0.0872 e. The molecule has 63 valence electrons. The van der Waals surface area contributed by atoms with Crippen LogP contribution in [0, 0.1) is 12.5 Å². The summed E-state index contributed by atoms with van der Waals surface area (Å²) in [6.45, 7) is 2.70. The van der Waals surface area contributed by atoms with E-state index in [1.807, 2.05) is 24.8 Å². The zero-order valence-corrected chi connectivity index (χ0v) is 7.07. The summed E-state index contributed by atoms with van der Waals surface area (Å²) in [4.78, 5) is 0. The molecule has 1 aliphatic rings. The first-order valence-electron chi connectivity index (χ1n) is 4.44. The van der Waals surface area contributed by atoms with Gasteiger partial charge in [0.25, 0.3) is 0 Å². The number of ether oxygens (including phenoxy) is 1. The van der Waals surface area contributed by atoms with Crippen LogP contribution in [0.5, 0.6) is 0 Å². The minimum atomic E-state index is 0.720. The second-order valence-corrected chi connectivity index (χ2v) is 3.27. The summed E-state index contributed by atoms with van der Waals surface area (Å²) in [7, 11) is 0. The lowest BCUT2D eigenvalue weighted by Crippen LogP contribution is -1.90. The fourth-order valence-electron chi connectivity index (χ4n) is 1.09. The molecule has 1 aliphatic carbocycles. The lowest BCUT2D eigenvalue weighted by Gasteiger charge is -2.01. The van der Waals surface area contributed by atoms with Crippen LogP contribution in [0.1, 0.15) is 18.4 Å². The quantitative estimate of drug-likeness (QED) is 0.659. The van der Waals surface area contributed by atoms with Gasteiger partial charge in [0, 0.05) is 0 Å². The number of benzene rings is 1. The van der Waals surface area contributed by atoms with Gasteiger partial charge < -0.3 is 4.74 Å². The molecule has 1 radical (unpaired) electrons. The van der Waals surface area contributed by atoms with Crippen molar-refractivity contribution in [2.24, 2.45) is 5.92 Å². The Hall–Kier alpha value is -0.820. The van der Waals surface area contributed by atoms with Crippen molar-refractivity contribution < 1.29 is 4.74 Å². The Morgan fingerprint density at radius 1 is 1.25 bits per heavy atom. The number of hydrogen-bond donors (Lipinski definition) is 0. The first kappa shape index (κ1) is 7.81. The third-order valence-corrected chi connectivity index (χ3v) is 2.00. The highest BCUT2D eigenvalue weighted by Gasteiger charge is 2.21. The maximum absolute atomic E-state index is 5.42. The van der Waals surface area contributed by atoms with E-state index >= 15 is 0 Å². The van der Waals surface area contributed by atoms with Crippen LogP contribution >= 0.6 is 0 Å². The number of hydrogen-bond acceptors (Lipinski definition) is 1. The first-order chi connectivity index (χ1) is 5.95. The molecule has 1 aromatic rings. The largest absolute Gasteiger partial charge is 0.371 e. The second-order valence-electron chi connectivity index (χ2n) is 3.27. The Bertz CT molecular complexity index is 226. The Balaban J connectivity index is 1.72. The van der Waals surface area contributed by atoms with Gasteiger partial charge in [-0.25, -0.2) is 0 Å². The predicted molar refractivity (Wildman–Crippen MR) is 48.3 cm³/mol. The van der Waals surface area contributed by atoms with Gasteiger partial charge in [-0.3, -0.25) is 0 Å². The van der Waals surface area contributed by atoms with Crippen LogP contribution in [0.25, 0.3) is 0 Å². The van der Waals surface area contributed by atoms with Crippen LogP contribution < -0.4 is 0 Å². The third kappa shape index (κ3) is 2.35. The molecule has 0 heterocycles. The highest BCUT2D eigenvalue weighted by molar-refractivity contribution is 5.13. The minimum Gasteiger partial charge on any atom is -0.371 e. The van der Waals surface area contributed by atoms with E-state index in [0.717, 1.165) is 12.5 Å². The Kier molecular flexibility index (Phi) is 2.42. The standard InChI is InChI=1S/C11H13O/c1-2-4-10(5-3-1)8-12-9-11-6-7-11/h1-5,9,11H,6-8H2. The summed E-state index contributed by atoms with van der Waals surface area (Å²) < 4.78 is 5.42. The van der Waals surface area contributed by atoms with Gasteiger partial charge >= 0.3 is 0 Å². The molecule has 1 fully saturated rings. The summed E-state index contributed by atoms with van der Waals surface area (Å²) in [5, 5.41) is 0. The molecule has 1 saturated carbocycles. The van der Waals surface area contributed by atoms with Crippen LogP contribution in [-0.2, 0) is 11.3 Å². The van der Waals surface area contributed by atoms with E-state index in [1.165, 1.54) is 18.4 Å². The maximum Gasteiger partial charge on any atom is 0.0872 e. The van der Waals surface area contributed by atoms with Gasteiger partial charge in [-0.1, -0.05) is 30.3 Å². The molecule has 12 heavy (non-hydrogen) atoms. The first-order valence-corrected chi connectivity index (χ1v) is 4.44. The van der Waals surface area contributed by atoms with Crippen LogP contribution in [0.4, 0.5) is 0 Å². The zero-order valence-electron chi connectivity index (χ0n) is 7.07. The van der Waals surface area contributed by atoms with Gasteiger partial charge in [0.05, 0.1) is 13.2 Å². The van der Waals surface area contributed by atoms with Gasteiger partial charge in [0.15, 0.2) is 0 Å². The minimum absolute atomic E-state index is 0.720. The van der Waals surface area contributed by atoms with Gasteiger partial charge in [0.2, 0.25) is 0 Å². The van der Waals surface area contributed by atoms with E-state index in [0.29, 0.717) is 0 Å². The fraction of sp³-hybridized carbons (Fsp3) is 0.364. The highest BCUT2D eigenvalue weighted by Crippen LogP contribution is 2.31. The van der Waals surface area contributed by atoms with Gasteiger partial charge in [-0.2, -0.15) is 0 Å². The molecule has 0 aromatic heterocycles. The molecule has 0 atom stereocenters. The molecule has 0 unspecified atom stereocenters. The third-order valence-electron chi connectivity index (χ3n) is 2.00. The fourth-order valence-corrected chi connectivity index (χ4v) is 1.09. The molecule has 0 amide bonds. The van der Waals surface area contributed by atoms with Crippen molar-refractivity contribution in [1.29, 1.82) is 0 Å². The van der Waals surface area contributed by atoms with E-state index in [9.17, 15) is 0 Å². The molecule has 0 aliphatic heterocycles. The average molecular weight is 161 g/mol. The topological polar surface area (TPSA) is 9.23 Å². The van der Waals surface area contributed by atoms with E-state index in [-0.39, 0.29) is 0 Å². The lowest BCUT2D eigenvalue weighted by atomic mass is 10.2. The van der Waals surface area contributed by atoms with Crippen LogP contribution in [0.15, 0.2) is 30.3 Å². The molecule has 2 rings (SSSR count). The summed E-state index contributed by atoms with van der Waals surface area (Å²) >= 11 is 0. The van der Waals surface area contributed by atoms with Crippen molar-refractivity contribution in [3.63, 3.8) is 0 Å². The second kappa shape index (κ2) is 3.72. The van der Waals surface area contributed by atoms with E-state index < -0.39 is 0 Å². The van der Waals surface area contributed by atoms with Crippen molar-refractivity contribution in [2.45, 2.75) is 19.4 Å². The van der Waals surface area contributed by atoms with Crippen molar-refractivity contribution in [3.8, 4) is 0 Å². The van der Waals surface area contributed by atoms with Crippen molar-refractivity contribution in [1.82, 2.24) is 0 Å². The number of rotatable bonds is 4. The molecule has 0 N–H and O–H groups in total. The van der Waals surface area contributed by atoms with Crippen molar-refractivity contribution in [2.75, 3.05) is 0 Å². The lowest BCUT2D eigenvalue weighted by molar-refractivity contribution is 0.173. The van der Waals surface area contributed by atoms with Crippen molar-refractivity contribution in [3.05, 3.63) is 42.5 Å². The monoisotopic (exact) mass is 161 g/mol. The van der Waals surface area contributed by atoms with Gasteiger partial charge in [-0.15, -0.1) is 0 Å². The zero-order chi connectivity index (χ0) is 8.23.